The van der Waals surface area contributed by atoms with Gasteiger partial charge in [0.25, 0.3) is 11.5 Å². The summed E-state index contributed by atoms with van der Waals surface area (Å²) in [4.78, 5) is 108. The number of aromatic nitrogens is 3. The third-order valence-electron chi connectivity index (χ3n) is 10.2. The minimum Gasteiger partial charge on any atom is -0.497 e. The monoisotopic (exact) mass is 811 g/mol. The van der Waals surface area contributed by atoms with E-state index in [0.29, 0.717) is 16.9 Å². The first kappa shape index (κ1) is 43.6. The van der Waals surface area contributed by atoms with Gasteiger partial charge >= 0.3 is 0 Å². The molecule has 1 saturated heterocycles. The molecule has 1 fully saturated rings. The lowest BCUT2D eigenvalue weighted by atomic mass is 9.99. The van der Waals surface area contributed by atoms with Gasteiger partial charge < -0.3 is 46.2 Å². The van der Waals surface area contributed by atoms with Crippen LogP contribution in [-0.4, -0.2) is 106 Å². The second-order valence-corrected chi connectivity index (χ2v) is 15.5. The van der Waals surface area contributed by atoms with Crippen LogP contribution < -0.4 is 36.9 Å². The van der Waals surface area contributed by atoms with Crippen molar-refractivity contribution in [2.24, 2.45) is 11.8 Å². The number of benzene rings is 2. The van der Waals surface area contributed by atoms with Crippen LogP contribution in [0.5, 0.6) is 5.75 Å². The first-order valence-electron chi connectivity index (χ1n) is 19.6. The van der Waals surface area contributed by atoms with Crippen LogP contribution in [0.2, 0.25) is 0 Å². The summed E-state index contributed by atoms with van der Waals surface area (Å²) in [7, 11) is 1.53. The third kappa shape index (κ3) is 11.5. The quantitative estimate of drug-likeness (QED) is 0.129. The van der Waals surface area contributed by atoms with Crippen LogP contribution >= 0.6 is 0 Å². The lowest BCUT2D eigenvalue weighted by Gasteiger charge is -2.32. The molecule has 17 heteroatoms. The van der Waals surface area contributed by atoms with Crippen molar-refractivity contribution in [3.05, 3.63) is 94.3 Å². The van der Waals surface area contributed by atoms with Crippen LogP contribution in [0.1, 0.15) is 62.7 Å². The molecule has 0 aliphatic carbocycles. The van der Waals surface area contributed by atoms with Crippen LogP contribution in [-0.2, 0) is 36.8 Å². The number of hydrogen-bond donors (Lipinski definition) is 7. The number of H-pyrrole nitrogens is 2. The zero-order valence-corrected chi connectivity index (χ0v) is 34.1. The number of hydrogen-bond acceptors (Lipinski definition) is 9. The van der Waals surface area contributed by atoms with Crippen molar-refractivity contribution in [2.45, 2.75) is 84.1 Å². The molecule has 314 valence electrons. The Bertz CT molecular complexity index is 2200. The van der Waals surface area contributed by atoms with Gasteiger partial charge in [-0.15, -0.1) is 0 Å². The van der Waals surface area contributed by atoms with Crippen molar-refractivity contribution in [3.8, 4) is 5.75 Å². The Hall–Kier alpha value is -6.52. The summed E-state index contributed by atoms with van der Waals surface area (Å²) >= 11 is 0. The highest BCUT2D eigenvalue weighted by molar-refractivity contribution is 5.98. The fourth-order valence-electron chi connectivity index (χ4n) is 6.82. The van der Waals surface area contributed by atoms with Crippen LogP contribution in [0.4, 0.5) is 0 Å². The van der Waals surface area contributed by atoms with Crippen LogP contribution in [0, 0.1) is 11.8 Å². The molecule has 3 heterocycles. The first-order chi connectivity index (χ1) is 28.1. The number of rotatable bonds is 9. The van der Waals surface area contributed by atoms with E-state index in [9.17, 15) is 33.6 Å². The van der Waals surface area contributed by atoms with E-state index in [4.69, 9.17) is 4.74 Å². The molecule has 5 atom stereocenters. The predicted octanol–water partition coefficient (Wildman–Crippen LogP) is 1.35. The maximum Gasteiger partial charge on any atom is 0.279 e. The normalized spacial score (nSPS) is 21.5. The average Bonchev–Trinajstić information content (AvgIpc) is 3.61. The Morgan fingerprint density at radius 3 is 2.14 bits per heavy atom. The van der Waals surface area contributed by atoms with Crippen molar-refractivity contribution < 1.29 is 33.5 Å². The number of carbonyl (C=O) groups excluding carboxylic acids is 6. The van der Waals surface area contributed by atoms with Crippen LogP contribution in [0.15, 0.2) is 71.9 Å². The number of nitrogens with zero attached hydrogens (tertiary/aromatic N) is 2. The van der Waals surface area contributed by atoms with Gasteiger partial charge in [0.15, 0.2) is 5.69 Å². The topological polar surface area (TPSA) is 237 Å². The van der Waals surface area contributed by atoms with Gasteiger partial charge in [0.1, 0.15) is 29.9 Å². The highest BCUT2D eigenvalue weighted by atomic mass is 16.5. The summed E-state index contributed by atoms with van der Waals surface area (Å²) in [6.45, 7) is 7.97. The molecule has 0 radical (unpaired) electrons. The van der Waals surface area contributed by atoms with Crippen molar-refractivity contribution in [3.63, 3.8) is 0 Å². The van der Waals surface area contributed by atoms with Gasteiger partial charge in [-0.05, 0) is 54.5 Å². The maximum absolute atomic E-state index is 14.4. The minimum atomic E-state index is -1.25. The van der Waals surface area contributed by atoms with Gasteiger partial charge in [0.2, 0.25) is 29.5 Å². The van der Waals surface area contributed by atoms with Crippen molar-refractivity contribution in [2.75, 3.05) is 20.2 Å². The molecule has 2 aromatic carbocycles. The van der Waals surface area contributed by atoms with E-state index >= 15 is 0 Å². The zero-order chi connectivity index (χ0) is 42.8. The van der Waals surface area contributed by atoms with E-state index in [2.05, 4.69) is 41.5 Å². The second-order valence-electron chi connectivity index (χ2n) is 15.5. The van der Waals surface area contributed by atoms with E-state index in [1.165, 1.54) is 26.4 Å². The molecule has 7 N–H and O–H groups in total. The lowest BCUT2D eigenvalue weighted by molar-refractivity contribution is -0.135. The average molecular weight is 812 g/mol. The fourth-order valence-corrected chi connectivity index (χ4v) is 6.82. The number of nitrogens with one attached hydrogen (secondary N) is 7. The van der Waals surface area contributed by atoms with E-state index < -0.39 is 83.5 Å². The summed E-state index contributed by atoms with van der Waals surface area (Å²) in [6, 6.07) is 8.94. The summed E-state index contributed by atoms with van der Waals surface area (Å²) < 4.78 is 5.28. The second kappa shape index (κ2) is 19.8. The number of methoxy groups -OCH3 is 1. The molecule has 1 aliphatic heterocycles. The highest BCUT2D eigenvalue weighted by Crippen LogP contribution is 2.20. The van der Waals surface area contributed by atoms with Crippen LogP contribution in [0.25, 0.3) is 10.9 Å². The molecule has 59 heavy (non-hydrogen) atoms. The van der Waals surface area contributed by atoms with Crippen molar-refractivity contribution >= 4 is 46.3 Å². The molecule has 4 aromatic rings. The fraction of sp³-hybridized carbons (Fsp3) is 0.429. The molecule has 0 spiro atoms. The Morgan fingerprint density at radius 2 is 1.46 bits per heavy atom. The highest BCUT2D eigenvalue weighted by Gasteiger charge is 2.34. The maximum atomic E-state index is 14.4. The molecular formula is C42H53N9O8. The number of carbonyl (C=O) groups is 6. The first-order valence-corrected chi connectivity index (χ1v) is 19.6. The molecule has 5 rings (SSSR count). The van der Waals surface area contributed by atoms with Gasteiger partial charge in [-0.25, -0.2) is 4.98 Å². The Labute approximate surface area is 341 Å². The summed E-state index contributed by atoms with van der Waals surface area (Å²) in [5, 5.41) is 14.8. The smallest absolute Gasteiger partial charge is 0.279 e. The largest absolute Gasteiger partial charge is 0.497 e. The zero-order valence-electron chi connectivity index (χ0n) is 34.1. The van der Waals surface area contributed by atoms with E-state index in [1.807, 2.05) is 38.1 Å². The molecular weight excluding hydrogens is 759 g/mol. The third-order valence-corrected chi connectivity index (χ3v) is 10.2. The molecule has 0 saturated carbocycles. The SMILES string of the molecule is COc1ccc(C[C@@H]2NC(=O)[C@H](CC(C)C)NC(=O)[C@@H](Cc3c[nH]c4ccccc34)NC(=O)CN(C(=O)c3ncc[nH]c3=O)C[C@H](C(C)C)NC(=O)[C@@H](C)NC2=O)cc1. The van der Waals surface area contributed by atoms with E-state index in [1.54, 1.807) is 44.3 Å². The molecule has 0 bridgehead atoms. The standard InChI is InChI=1S/C42H53N9O8/c1-23(2)17-31-39(55)49-32(18-26-11-13-28(59-6)14-12-26)38(54)46-25(5)37(53)50-34(24(3)4)21-51(42(58)36-41(57)44-16-15-43-36)22-35(52)47-33(40(56)48-31)19-27-20-45-30-10-8-7-9-29(27)30/h7-16,20,23-25,31-34,45H,17-19,21-22H2,1-6H3,(H,44,57)(H,46,54)(H,47,52)(H,48,56)(H,49,55)(H,50,53)/t25-,31+,32+,33-,34-/m1/s1. The molecule has 2 aromatic heterocycles. The Kier molecular flexibility index (Phi) is 14.6. The van der Waals surface area contributed by atoms with Gasteiger partial charge in [0, 0.05) is 54.9 Å². The summed E-state index contributed by atoms with van der Waals surface area (Å²) in [5.41, 5.74) is 0.937. The van der Waals surface area contributed by atoms with Crippen molar-refractivity contribution in [1.29, 1.82) is 0 Å². The number of para-hydroxylation sites is 1. The van der Waals surface area contributed by atoms with E-state index in [0.717, 1.165) is 15.8 Å². The Morgan fingerprint density at radius 1 is 0.797 bits per heavy atom. The summed E-state index contributed by atoms with van der Waals surface area (Å²) in [5.74, 6) is -4.00. The lowest BCUT2D eigenvalue weighted by Crippen LogP contribution is -2.60. The molecule has 1 aliphatic rings. The minimum absolute atomic E-state index is 0.00345. The number of ether oxygens (including phenoxy) is 1. The predicted molar refractivity (Wildman–Crippen MR) is 219 cm³/mol. The van der Waals surface area contributed by atoms with E-state index in [-0.39, 0.29) is 37.6 Å². The van der Waals surface area contributed by atoms with Crippen LogP contribution in [0.3, 0.4) is 0 Å². The summed E-state index contributed by atoms with van der Waals surface area (Å²) in [6.07, 6.45) is 4.44. The molecule has 6 amide bonds. The molecule has 17 nitrogen and oxygen atoms in total. The van der Waals surface area contributed by atoms with Gasteiger partial charge in [0.05, 0.1) is 13.7 Å². The van der Waals surface area contributed by atoms with Gasteiger partial charge in [-0.1, -0.05) is 58.0 Å². The van der Waals surface area contributed by atoms with Crippen molar-refractivity contribution in [1.82, 2.24) is 46.4 Å². The Balaban J connectivity index is 1.56. The number of fused-ring (bicyclic) bond motifs is 1. The number of amides is 6. The molecule has 0 unspecified atom stereocenters. The number of aromatic amines is 2. The van der Waals surface area contributed by atoms with Gasteiger partial charge in [-0.3, -0.25) is 33.6 Å². The van der Waals surface area contributed by atoms with Gasteiger partial charge in [-0.2, -0.15) is 0 Å².